The van der Waals surface area contributed by atoms with E-state index in [1.807, 2.05) is 22.7 Å². The second kappa shape index (κ2) is 8.22. The molecule has 4 heterocycles. The summed E-state index contributed by atoms with van der Waals surface area (Å²) >= 11 is 0. The minimum atomic E-state index is 0.178. The lowest BCUT2D eigenvalue weighted by Crippen LogP contribution is -2.37. The lowest BCUT2D eigenvalue weighted by atomic mass is 10.0. The van der Waals surface area contributed by atoms with Gasteiger partial charge in [-0.1, -0.05) is 6.42 Å². The van der Waals surface area contributed by atoms with Crippen molar-refractivity contribution in [1.29, 1.82) is 0 Å². The summed E-state index contributed by atoms with van der Waals surface area (Å²) in [4.78, 5) is 26.7. The Bertz CT molecular complexity index is 905. The maximum absolute atomic E-state index is 12.8. The molecule has 2 aromatic heterocycles. The molecule has 2 aromatic rings. The lowest BCUT2D eigenvalue weighted by molar-refractivity contribution is -0.132. The van der Waals surface area contributed by atoms with E-state index < -0.39 is 0 Å². The minimum absolute atomic E-state index is 0.178. The third-order valence-electron chi connectivity index (χ3n) is 6.65. The summed E-state index contributed by atoms with van der Waals surface area (Å²) in [6, 6.07) is 0.331. The molecule has 0 spiro atoms. The van der Waals surface area contributed by atoms with Gasteiger partial charge >= 0.3 is 0 Å². The molecule has 7 heteroatoms. The van der Waals surface area contributed by atoms with Crippen molar-refractivity contribution in [2.45, 2.75) is 72.0 Å². The van der Waals surface area contributed by atoms with Gasteiger partial charge in [-0.3, -0.25) is 14.4 Å². The summed E-state index contributed by atoms with van der Waals surface area (Å²) in [6.07, 6.45) is 6.86. The van der Waals surface area contributed by atoms with Crippen molar-refractivity contribution in [2.75, 3.05) is 20.1 Å². The molecular formula is C22H32N6O. The zero-order chi connectivity index (χ0) is 20.5. The fraction of sp³-hybridized carbons (Fsp3) is 0.636. The molecule has 0 aromatic carbocycles. The third-order valence-corrected chi connectivity index (χ3v) is 6.65. The molecule has 2 aliphatic rings. The van der Waals surface area contributed by atoms with E-state index in [0.717, 1.165) is 54.4 Å². The largest absolute Gasteiger partial charge is 0.338 e. The molecule has 1 fully saturated rings. The van der Waals surface area contributed by atoms with Crippen molar-refractivity contribution >= 4 is 5.91 Å². The van der Waals surface area contributed by atoms with Gasteiger partial charge in [0.05, 0.1) is 17.4 Å². The van der Waals surface area contributed by atoms with Crippen molar-refractivity contribution in [2.24, 2.45) is 0 Å². The van der Waals surface area contributed by atoms with Crippen LogP contribution in [0.5, 0.6) is 0 Å². The molecule has 7 nitrogen and oxygen atoms in total. The van der Waals surface area contributed by atoms with Crippen LogP contribution in [0.2, 0.25) is 0 Å². The number of nitrogens with zero attached hydrogens (tertiary/aromatic N) is 6. The van der Waals surface area contributed by atoms with E-state index in [-0.39, 0.29) is 5.91 Å². The third kappa shape index (κ3) is 4.06. The van der Waals surface area contributed by atoms with Gasteiger partial charge in [-0.25, -0.2) is 9.97 Å². The molecule has 1 atom stereocenters. The first-order valence-electron chi connectivity index (χ1n) is 10.8. The van der Waals surface area contributed by atoms with Gasteiger partial charge in [0.2, 0.25) is 5.91 Å². The van der Waals surface area contributed by atoms with Crippen LogP contribution in [0.25, 0.3) is 0 Å². The van der Waals surface area contributed by atoms with Crippen molar-refractivity contribution in [3.8, 4) is 0 Å². The second-order valence-corrected chi connectivity index (χ2v) is 8.53. The second-order valence-electron chi connectivity index (χ2n) is 8.53. The maximum atomic E-state index is 12.8. The van der Waals surface area contributed by atoms with E-state index in [1.54, 1.807) is 0 Å². The van der Waals surface area contributed by atoms with E-state index in [9.17, 15) is 4.79 Å². The predicted octanol–water partition coefficient (Wildman–Crippen LogP) is 2.73. The molecule has 0 bridgehead atoms. The zero-order valence-corrected chi connectivity index (χ0v) is 18.1. The first kappa shape index (κ1) is 20.0. The highest BCUT2D eigenvalue weighted by Crippen LogP contribution is 2.28. The number of hydrogen-bond donors (Lipinski definition) is 0. The molecular weight excluding hydrogens is 364 g/mol. The van der Waals surface area contributed by atoms with Crippen LogP contribution in [0, 0.1) is 20.8 Å². The summed E-state index contributed by atoms with van der Waals surface area (Å²) < 4.78 is 1.95. The number of carbonyl (C=O) groups is 1. The molecule has 29 heavy (non-hydrogen) atoms. The average Bonchev–Trinajstić information content (AvgIpc) is 2.98. The fourth-order valence-electron chi connectivity index (χ4n) is 4.47. The Morgan fingerprint density at radius 2 is 2.03 bits per heavy atom. The molecule has 0 saturated carbocycles. The first-order valence-corrected chi connectivity index (χ1v) is 10.8. The highest BCUT2D eigenvalue weighted by atomic mass is 16.2. The van der Waals surface area contributed by atoms with Crippen LogP contribution < -0.4 is 0 Å². The van der Waals surface area contributed by atoms with Crippen LogP contribution in [0.4, 0.5) is 0 Å². The molecule has 0 radical (unpaired) electrons. The molecule has 2 aliphatic heterocycles. The lowest BCUT2D eigenvalue weighted by Gasteiger charge is -2.33. The SMILES string of the molecule is Cc1nn(CCC(=O)N2CCc3nc(C4CCCCN4C)ncc3C2)c(C)c1C. The Labute approximate surface area is 173 Å². The van der Waals surface area contributed by atoms with Crippen molar-refractivity contribution in [3.63, 3.8) is 0 Å². The average molecular weight is 397 g/mol. The Kier molecular flexibility index (Phi) is 5.67. The Morgan fingerprint density at radius 1 is 1.21 bits per heavy atom. The van der Waals surface area contributed by atoms with E-state index in [4.69, 9.17) is 4.98 Å². The Hall–Kier alpha value is -2.28. The molecule has 156 valence electrons. The normalized spacial score (nSPS) is 20.0. The fourth-order valence-corrected chi connectivity index (χ4v) is 4.47. The van der Waals surface area contributed by atoms with Crippen LogP contribution in [0.15, 0.2) is 6.20 Å². The number of aromatic nitrogens is 4. The Balaban J connectivity index is 1.39. The van der Waals surface area contributed by atoms with Crippen LogP contribution in [0.1, 0.15) is 65.8 Å². The molecule has 1 amide bonds. The molecule has 0 N–H and O–H groups in total. The highest BCUT2D eigenvalue weighted by molar-refractivity contribution is 5.76. The zero-order valence-electron chi connectivity index (χ0n) is 18.1. The van der Waals surface area contributed by atoms with Crippen molar-refractivity contribution < 1.29 is 4.79 Å². The van der Waals surface area contributed by atoms with Gasteiger partial charge in [0.15, 0.2) is 0 Å². The van der Waals surface area contributed by atoms with Crippen LogP contribution >= 0.6 is 0 Å². The summed E-state index contributed by atoms with van der Waals surface area (Å²) in [5.74, 6) is 1.13. The summed E-state index contributed by atoms with van der Waals surface area (Å²) in [6.45, 7) is 9.26. The first-order chi connectivity index (χ1) is 13.9. The van der Waals surface area contributed by atoms with Gasteiger partial charge in [-0.05, 0) is 52.8 Å². The summed E-state index contributed by atoms with van der Waals surface area (Å²) in [5.41, 5.74) is 5.60. The van der Waals surface area contributed by atoms with E-state index in [1.165, 1.54) is 18.4 Å². The summed E-state index contributed by atoms with van der Waals surface area (Å²) in [7, 11) is 2.16. The maximum Gasteiger partial charge on any atom is 0.224 e. The number of likely N-dealkylation sites (tertiary alicyclic amines) is 1. The van der Waals surface area contributed by atoms with Gasteiger partial charge in [0, 0.05) is 49.9 Å². The van der Waals surface area contributed by atoms with Crippen LogP contribution in [0.3, 0.4) is 0 Å². The van der Waals surface area contributed by atoms with Crippen LogP contribution in [-0.4, -0.2) is 55.6 Å². The minimum Gasteiger partial charge on any atom is -0.338 e. The number of aryl methyl sites for hydroxylation is 2. The summed E-state index contributed by atoms with van der Waals surface area (Å²) in [5, 5.41) is 4.54. The molecule has 4 rings (SSSR count). The topological polar surface area (TPSA) is 67.2 Å². The number of rotatable bonds is 4. The quantitative estimate of drug-likeness (QED) is 0.795. The Morgan fingerprint density at radius 3 is 2.76 bits per heavy atom. The number of fused-ring (bicyclic) bond motifs is 1. The predicted molar refractivity (Wildman–Crippen MR) is 111 cm³/mol. The smallest absolute Gasteiger partial charge is 0.224 e. The van der Waals surface area contributed by atoms with Gasteiger partial charge in [0.1, 0.15) is 5.82 Å². The van der Waals surface area contributed by atoms with Crippen LogP contribution in [-0.2, 0) is 24.3 Å². The standard InChI is InChI=1S/C22H32N6O/c1-15-16(2)25-28(17(15)3)12-9-21(29)27-11-8-19-18(14-27)13-23-22(24-19)20-7-5-6-10-26(20)4/h13,20H,5-12,14H2,1-4H3. The number of amides is 1. The monoisotopic (exact) mass is 396 g/mol. The molecule has 0 aliphatic carbocycles. The van der Waals surface area contributed by atoms with Crippen molar-refractivity contribution in [1.82, 2.24) is 29.5 Å². The van der Waals surface area contributed by atoms with Gasteiger partial charge in [-0.15, -0.1) is 0 Å². The number of carbonyl (C=O) groups excluding carboxylic acids is 1. The highest BCUT2D eigenvalue weighted by Gasteiger charge is 2.26. The van der Waals surface area contributed by atoms with E-state index >= 15 is 0 Å². The molecule has 1 saturated heterocycles. The molecule has 1 unspecified atom stereocenters. The van der Waals surface area contributed by atoms with Gasteiger partial charge in [-0.2, -0.15) is 5.10 Å². The number of piperidine rings is 1. The van der Waals surface area contributed by atoms with Crippen molar-refractivity contribution in [3.05, 3.63) is 40.2 Å². The van der Waals surface area contributed by atoms with E-state index in [2.05, 4.69) is 35.9 Å². The number of hydrogen-bond acceptors (Lipinski definition) is 5. The van der Waals surface area contributed by atoms with E-state index in [0.29, 0.717) is 25.6 Å². The van der Waals surface area contributed by atoms with Gasteiger partial charge < -0.3 is 4.90 Å². The van der Waals surface area contributed by atoms with Gasteiger partial charge in [0.25, 0.3) is 0 Å².